The molecule has 1 unspecified atom stereocenters. The van der Waals surface area contributed by atoms with Crippen molar-refractivity contribution in [2.24, 2.45) is 11.1 Å². The molecule has 39 heavy (non-hydrogen) atoms. The molecule has 3 amide bonds. The zero-order valence-electron chi connectivity index (χ0n) is 22.4. The van der Waals surface area contributed by atoms with Gasteiger partial charge in [-0.25, -0.2) is 23.2 Å². The second-order valence-electron chi connectivity index (χ2n) is 11.1. The normalized spacial score (nSPS) is 21.2. The molecule has 12 heteroatoms. The molecule has 0 bridgehead atoms. The van der Waals surface area contributed by atoms with Gasteiger partial charge in [-0.1, -0.05) is 12.1 Å². The molecule has 2 aromatic rings. The van der Waals surface area contributed by atoms with Gasteiger partial charge >= 0.3 is 6.03 Å². The minimum atomic E-state index is -3.31. The lowest BCUT2D eigenvalue weighted by Crippen LogP contribution is -2.54. The van der Waals surface area contributed by atoms with E-state index in [2.05, 4.69) is 20.5 Å². The Hall–Kier alpha value is -3.25. The van der Waals surface area contributed by atoms with Crippen molar-refractivity contribution in [3.8, 4) is 0 Å². The van der Waals surface area contributed by atoms with Gasteiger partial charge in [0, 0.05) is 51.4 Å². The van der Waals surface area contributed by atoms with Crippen LogP contribution in [0.15, 0.2) is 35.4 Å². The number of nitrogens with two attached hydrogens (primary N) is 1. The number of nitrogens with one attached hydrogen (secondary N) is 2. The Morgan fingerprint density at radius 1 is 1.15 bits per heavy atom. The number of piperidine rings is 2. The Morgan fingerprint density at radius 3 is 2.54 bits per heavy atom. The van der Waals surface area contributed by atoms with Gasteiger partial charge in [0.05, 0.1) is 16.8 Å². The number of amides is 3. The van der Waals surface area contributed by atoms with Crippen LogP contribution in [0, 0.1) is 5.41 Å². The van der Waals surface area contributed by atoms with Crippen molar-refractivity contribution in [1.82, 2.24) is 25.5 Å². The number of sulfone groups is 1. The summed E-state index contributed by atoms with van der Waals surface area (Å²) >= 11 is 0. The predicted octanol–water partition coefficient (Wildman–Crippen LogP) is 1.32. The summed E-state index contributed by atoms with van der Waals surface area (Å²) in [6, 6.07) is 6.46. The molecular weight excluding hydrogens is 518 g/mol. The van der Waals surface area contributed by atoms with Crippen molar-refractivity contribution < 1.29 is 18.0 Å². The number of urea groups is 1. The third-order valence-electron chi connectivity index (χ3n) is 8.30. The molecule has 0 aliphatic carbocycles. The zero-order valence-corrected chi connectivity index (χ0v) is 23.2. The first kappa shape index (κ1) is 27.3. The fraction of sp³-hybridized carbons (Fsp3) is 0.556. The molecule has 210 valence electrons. The molecule has 1 aromatic carbocycles. The summed E-state index contributed by atoms with van der Waals surface area (Å²) in [5, 5.41) is 6.69. The number of hydrogen-bond donors (Lipinski definition) is 3. The molecule has 11 nitrogen and oxygen atoms in total. The van der Waals surface area contributed by atoms with Crippen LogP contribution in [0.1, 0.15) is 53.8 Å². The van der Waals surface area contributed by atoms with E-state index < -0.39 is 15.7 Å². The van der Waals surface area contributed by atoms with Crippen LogP contribution >= 0.6 is 0 Å². The first-order valence-electron chi connectivity index (χ1n) is 13.6. The van der Waals surface area contributed by atoms with Gasteiger partial charge in [0.2, 0.25) is 0 Å². The molecule has 1 atom stereocenters. The lowest BCUT2D eigenvalue weighted by Gasteiger charge is -2.40. The van der Waals surface area contributed by atoms with Gasteiger partial charge in [-0.15, -0.1) is 0 Å². The number of hydrogen-bond acceptors (Lipinski definition) is 8. The Balaban J connectivity index is 1.24. The molecule has 5 rings (SSSR count). The average Bonchev–Trinajstić information content (AvgIpc) is 3.36. The molecule has 3 aliphatic rings. The second-order valence-corrected chi connectivity index (χ2v) is 13.1. The first-order valence-corrected chi connectivity index (χ1v) is 15.5. The Kier molecular flexibility index (Phi) is 7.77. The van der Waals surface area contributed by atoms with Crippen molar-refractivity contribution in [1.29, 1.82) is 0 Å². The fourth-order valence-corrected chi connectivity index (χ4v) is 6.55. The summed E-state index contributed by atoms with van der Waals surface area (Å²) in [6.07, 6.45) is 8.06. The van der Waals surface area contributed by atoms with Crippen molar-refractivity contribution in [3.63, 3.8) is 0 Å². The van der Waals surface area contributed by atoms with Gasteiger partial charge in [-0.05, 0) is 61.8 Å². The van der Waals surface area contributed by atoms with E-state index in [0.717, 1.165) is 70.2 Å². The summed E-state index contributed by atoms with van der Waals surface area (Å²) in [5.74, 6) is -0.0485. The summed E-state index contributed by atoms with van der Waals surface area (Å²) in [6.45, 7) is 5.07. The van der Waals surface area contributed by atoms with E-state index in [1.807, 2.05) is 4.90 Å². The molecule has 3 fully saturated rings. The van der Waals surface area contributed by atoms with Gasteiger partial charge in [0.1, 0.15) is 11.5 Å². The third kappa shape index (κ3) is 6.33. The summed E-state index contributed by atoms with van der Waals surface area (Å²) in [4.78, 5) is 38.4. The standard InChI is InChI=1S/C27H37N7O4S/c1-39(37,38)21-6-4-19(5-7-21)15-22-24(25(28)35)30-16-23(32-22)34-12-2-3-20(17-34)31-26(36)33-13-9-27(10-14-33)8-11-29-18-27/h4-7,16,20,29H,2-3,8-15,17-18H2,1H3,(H2,28,35)(H,31,36). The number of aromatic nitrogens is 2. The lowest BCUT2D eigenvalue weighted by atomic mass is 9.78. The monoisotopic (exact) mass is 555 g/mol. The number of primary amides is 1. The number of nitrogens with zero attached hydrogens (tertiary/aromatic N) is 4. The van der Waals surface area contributed by atoms with Crippen molar-refractivity contribution in [2.75, 3.05) is 50.4 Å². The molecule has 0 radical (unpaired) electrons. The highest BCUT2D eigenvalue weighted by atomic mass is 32.2. The molecule has 0 saturated carbocycles. The van der Waals surface area contributed by atoms with Gasteiger partial charge in [0.15, 0.2) is 9.84 Å². The van der Waals surface area contributed by atoms with Crippen LogP contribution in [0.5, 0.6) is 0 Å². The Morgan fingerprint density at radius 2 is 1.90 bits per heavy atom. The third-order valence-corrected chi connectivity index (χ3v) is 9.43. The topological polar surface area (TPSA) is 151 Å². The number of benzene rings is 1. The fourth-order valence-electron chi connectivity index (χ4n) is 5.92. The maximum Gasteiger partial charge on any atom is 0.317 e. The lowest BCUT2D eigenvalue weighted by molar-refractivity contribution is 0.0994. The quantitative estimate of drug-likeness (QED) is 0.483. The second kappa shape index (κ2) is 11.1. The molecule has 1 aromatic heterocycles. The smallest absolute Gasteiger partial charge is 0.317 e. The number of anilines is 1. The van der Waals surface area contributed by atoms with E-state index in [1.165, 1.54) is 18.6 Å². The minimum Gasteiger partial charge on any atom is -0.364 e. The van der Waals surface area contributed by atoms with E-state index in [-0.39, 0.29) is 29.1 Å². The summed E-state index contributed by atoms with van der Waals surface area (Å²) in [5.41, 5.74) is 7.25. The van der Waals surface area contributed by atoms with Crippen LogP contribution in [-0.2, 0) is 16.3 Å². The van der Waals surface area contributed by atoms with E-state index >= 15 is 0 Å². The number of carbonyl (C=O) groups is 2. The highest BCUT2D eigenvalue weighted by molar-refractivity contribution is 7.90. The van der Waals surface area contributed by atoms with Crippen LogP contribution in [0.3, 0.4) is 0 Å². The number of likely N-dealkylation sites (tertiary alicyclic amines) is 1. The highest BCUT2D eigenvalue weighted by Crippen LogP contribution is 2.37. The van der Waals surface area contributed by atoms with Crippen LogP contribution in [0.25, 0.3) is 0 Å². The Labute approximate surface area is 229 Å². The van der Waals surface area contributed by atoms with Gasteiger partial charge in [-0.3, -0.25) is 4.79 Å². The van der Waals surface area contributed by atoms with Crippen molar-refractivity contribution in [3.05, 3.63) is 47.4 Å². The maximum absolute atomic E-state index is 13.0. The average molecular weight is 556 g/mol. The largest absolute Gasteiger partial charge is 0.364 e. The molecular formula is C27H37N7O4S. The van der Waals surface area contributed by atoms with E-state index in [0.29, 0.717) is 23.5 Å². The van der Waals surface area contributed by atoms with E-state index in [9.17, 15) is 18.0 Å². The first-order chi connectivity index (χ1) is 18.6. The molecule has 3 aliphatic heterocycles. The van der Waals surface area contributed by atoms with Gasteiger partial charge < -0.3 is 26.2 Å². The van der Waals surface area contributed by atoms with Gasteiger partial charge in [-0.2, -0.15) is 0 Å². The molecule has 1 spiro atoms. The molecule has 3 saturated heterocycles. The zero-order chi connectivity index (χ0) is 27.6. The minimum absolute atomic E-state index is 0.00366. The summed E-state index contributed by atoms with van der Waals surface area (Å²) in [7, 11) is -3.31. The van der Waals surface area contributed by atoms with Crippen LogP contribution in [0.4, 0.5) is 10.6 Å². The van der Waals surface area contributed by atoms with Crippen molar-refractivity contribution >= 4 is 27.6 Å². The molecule has 4 heterocycles. The van der Waals surface area contributed by atoms with Crippen LogP contribution in [-0.4, -0.2) is 86.8 Å². The van der Waals surface area contributed by atoms with Gasteiger partial charge in [0.25, 0.3) is 5.91 Å². The van der Waals surface area contributed by atoms with E-state index in [1.54, 1.807) is 18.3 Å². The SMILES string of the molecule is CS(=O)(=O)c1ccc(Cc2nc(N3CCCC(NC(=O)N4CCC5(CCNC5)CC4)C3)cnc2C(N)=O)cc1. The number of carbonyl (C=O) groups excluding carboxylic acids is 2. The maximum atomic E-state index is 13.0. The molecule has 4 N–H and O–H groups in total. The summed E-state index contributed by atoms with van der Waals surface area (Å²) < 4.78 is 23.6. The number of rotatable bonds is 6. The van der Waals surface area contributed by atoms with Crippen molar-refractivity contribution in [2.45, 2.75) is 49.5 Å². The van der Waals surface area contributed by atoms with E-state index in [4.69, 9.17) is 10.7 Å². The predicted molar refractivity (Wildman–Crippen MR) is 147 cm³/mol. The highest BCUT2D eigenvalue weighted by Gasteiger charge is 2.38. The van der Waals surface area contributed by atoms with Crippen LogP contribution in [0.2, 0.25) is 0 Å². The van der Waals surface area contributed by atoms with Crippen LogP contribution < -0.4 is 21.3 Å². The Bertz CT molecular complexity index is 1320.